The van der Waals surface area contributed by atoms with E-state index >= 15 is 0 Å². The summed E-state index contributed by atoms with van der Waals surface area (Å²) in [6, 6.07) is 0. The van der Waals surface area contributed by atoms with Crippen LogP contribution in [0, 0.1) is 0 Å². The van der Waals surface area contributed by atoms with E-state index in [2.05, 4.69) is 47.0 Å². The van der Waals surface area contributed by atoms with Crippen molar-refractivity contribution in [1.82, 2.24) is 0 Å². The van der Waals surface area contributed by atoms with E-state index in [1.807, 2.05) is 0 Å². The van der Waals surface area contributed by atoms with E-state index < -0.39 is 0 Å². The number of epoxide rings is 4. The summed E-state index contributed by atoms with van der Waals surface area (Å²) in [7, 11) is 0. The molecule has 6 atom stereocenters. The van der Waals surface area contributed by atoms with Gasteiger partial charge in [0.1, 0.15) is 0 Å². The van der Waals surface area contributed by atoms with Crippen LogP contribution in [0.2, 0.25) is 16.9 Å². The fourth-order valence-electron chi connectivity index (χ4n) is 2.76. The molecule has 174 valence electrons. The van der Waals surface area contributed by atoms with Crippen LogP contribution in [0.15, 0.2) is 0 Å². The van der Waals surface area contributed by atoms with E-state index in [0.29, 0.717) is 24.4 Å². The maximum atomic E-state index is 5.46. The molecule has 4 rings (SSSR count). The molecule has 4 heterocycles. The van der Waals surface area contributed by atoms with Crippen molar-refractivity contribution in [3.05, 3.63) is 0 Å². The van der Waals surface area contributed by atoms with Gasteiger partial charge in [-0.15, -0.1) is 0 Å². The molecule has 10 heteroatoms. The molecule has 0 aromatic carbocycles. The third kappa shape index (κ3) is 12.5. The Hall–Kier alpha value is 2.82. The number of hydrogen-bond acceptors (Lipinski definition) is 8. The van der Waals surface area contributed by atoms with Crippen molar-refractivity contribution in [3.63, 3.8) is 0 Å². The normalized spacial score (nSPS) is 30.8. The second kappa shape index (κ2) is 15.0. The van der Waals surface area contributed by atoms with Crippen molar-refractivity contribution >= 4 is 88.9 Å². The van der Waals surface area contributed by atoms with Gasteiger partial charge < -0.3 is 0 Å². The van der Waals surface area contributed by atoms with Crippen molar-refractivity contribution < 1.29 is 18.9 Å². The molecule has 0 aliphatic carbocycles. The Morgan fingerprint density at radius 1 is 0.567 bits per heavy atom. The quantitative estimate of drug-likeness (QED) is 0.102. The van der Waals surface area contributed by atoms with Crippen LogP contribution in [0.3, 0.4) is 0 Å². The van der Waals surface area contributed by atoms with Crippen molar-refractivity contribution in [3.8, 4) is 0 Å². The van der Waals surface area contributed by atoms with Crippen LogP contribution in [0.4, 0.5) is 0 Å². The topological polar surface area (TPSA) is 50.1 Å². The van der Waals surface area contributed by atoms with Gasteiger partial charge >= 0.3 is 222 Å². The zero-order valence-electron chi connectivity index (χ0n) is 17.4. The predicted octanol–water partition coefficient (Wildman–Crippen LogP) is 3.34. The summed E-state index contributed by atoms with van der Waals surface area (Å²) in [5.41, 5.74) is 0. The Kier molecular flexibility index (Phi) is 13.0. The van der Waals surface area contributed by atoms with Crippen LogP contribution >= 0.6 is 47.0 Å². The number of rotatable bonds is 21. The van der Waals surface area contributed by atoms with Gasteiger partial charge in [0.05, 0.1) is 0 Å². The zero-order valence-corrected chi connectivity index (χ0v) is 25.4. The summed E-state index contributed by atoms with van der Waals surface area (Å²) in [6.45, 7) is 4.02. The summed E-state index contributed by atoms with van der Waals surface area (Å²) in [6.07, 6.45) is 2.31. The number of thioether (sulfide) groups is 4. The summed E-state index contributed by atoms with van der Waals surface area (Å²) in [4.78, 5) is 0. The molecule has 4 aliphatic heterocycles. The fraction of sp³-hybridized carbons (Fsp3) is 1.00. The molecule has 0 spiro atoms. The molecular formula is C20H34O4S4Te2. The van der Waals surface area contributed by atoms with Gasteiger partial charge in [-0.05, 0) is 0 Å². The molecular weight excluding hydrogens is 688 g/mol. The minimum absolute atomic E-state index is 0.0835. The van der Waals surface area contributed by atoms with E-state index in [4.69, 9.17) is 18.9 Å². The summed E-state index contributed by atoms with van der Waals surface area (Å²) < 4.78 is 26.7. The minimum atomic E-state index is 0.0835. The van der Waals surface area contributed by atoms with E-state index in [0.717, 1.165) is 34.4 Å². The molecule has 0 aromatic rings. The average Bonchev–Trinajstić information content (AvgIpc) is 3.55. The van der Waals surface area contributed by atoms with Gasteiger partial charge in [0.25, 0.3) is 0 Å². The first-order valence-corrected chi connectivity index (χ1v) is 21.5. The molecule has 30 heavy (non-hydrogen) atoms. The third-order valence-corrected chi connectivity index (χ3v) is 21.9. The standard InChI is InChI=1S/C20H34O4S4Te2/c1(25-9-15-5-21-15)3-29-19(13-27-11-17-7-23-17)20(14-28-12-18-8-24-18)30-4-2-26-10-16-6-22-16/h15-20H,1-14H2. The fourth-order valence-corrected chi connectivity index (χ4v) is 21.0. The van der Waals surface area contributed by atoms with Gasteiger partial charge in [-0.2, -0.15) is 0 Å². The first-order valence-electron chi connectivity index (χ1n) is 10.9. The van der Waals surface area contributed by atoms with Gasteiger partial charge in [0.15, 0.2) is 0 Å². The molecule has 6 unspecified atom stereocenters. The van der Waals surface area contributed by atoms with Crippen molar-refractivity contribution in [2.75, 3.05) is 72.5 Å². The van der Waals surface area contributed by atoms with Crippen LogP contribution in [-0.2, 0) is 18.9 Å². The van der Waals surface area contributed by atoms with Crippen molar-refractivity contribution in [2.24, 2.45) is 0 Å². The monoisotopic (exact) mass is 726 g/mol. The van der Waals surface area contributed by atoms with E-state index in [1.54, 1.807) is 0 Å². The molecule has 4 aliphatic rings. The SMILES string of the molecule is C(C[Te]C(CSCC1CO1)C(CSCC1CO1)[Te]CCSCC1CO1)SCC1CO1. The summed E-state index contributed by atoms with van der Waals surface area (Å²) in [5.74, 6) is 10.4. The molecule has 0 N–H and O–H groups in total. The van der Waals surface area contributed by atoms with Crippen LogP contribution in [0.1, 0.15) is 0 Å². The van der Waals surface area contributed by atoms with Gasteiger partial charge in [-0.3, -0.25) is 0 Å². The molecule has 0 radical (unpaired) electrons. The Balaban J connectivity index is 1.18. The Labute approximate surface area is 219 Å². The Morgan fingerprint density at radius 2 is 0.900 bits per heavy atom. The zero-order chi connectivity index (χ0) is 20.4. The molecule has 4 nitrogen and oxygen atoms in total. The van der Waals surface area contributed by atoms with Crippen LogP contribution in [-0.4, -0.2) is 139 Å². The molecule has 4 saturated heterocycles. The molecule has 0 amide bonds. The van der Waals surface area contributed by atoms with Gasteiger partial charge in [-0.1, -0.05) is 0 Å². The van der Waals surface area contributed by atoms with Gasteiger partial charge in [-0.25, -0.2) is 0 Å². The molecule has 0 bridgehead atoms. The Morgan fingerprint density at radius 3 is 1.23 bits per heavy atom. The van der Waals surface area contributed by atoms with E-state index in [-0.39, 0.29) is 41.8 Å². The van der Waals surface area contributed by atoms with Crippen molar-refractivity contribution in [2.45, 2.75) is 41.3 Å². The van der Waals surface area contributed by atoms with Crippen LogP contribution in [0.5, 0.6) is 0 Å². The van der Waals surface area contributed by atoms with E-state index in [1.165, 1.54) is 55.0 Å². The number of ether oxygens (including phenoxy) is 4. The first kappa shape index (κ1) is 25.9. The number of hydrogen-bond donors (Lipinski definition) is 0. The summed E-state index contributed by atoms with van der Waals surface area (Å²) >= 11 is 8.82. The second-order valence-corrected chi connectivity index (χ2v) is 20.0. The Bertz CT molecular complexity index is 438. The summed E-state index contributed by atoms with van der Waals surface area (Å²) in [5, 5.41) is 0. The predicted molar refractivity (Wildman–Crippen MR) is 137 cm³/mol. The van der Waals surface area contributed by atoms with E-state index in [9.17, 15) is 0 Å². The first-order chi connectivity index (χ1) is 14.9. The second-order valence-electron chi connectivity index (χ2n) is 7.86. The molecule has 0 aromatic heterocycles. The van der Waals surface area contributed by atoms with Crippen LogP contribution < -0.4 is 0 Å². The average molecular weight is 722 g/mol. The molecule has 4 fully saturated rings. The van der Waals surface area contributed by atoms with Gasteiger partial charge in [0, 0.05) is 0 Å². The van der Waals surface area contributed by atoms with Crippen LogP contribution in [0.25, 0.3) is 0 Å². The van der Waals surface area contributed by atoms with Crippen molar-refractivity contribution in [1.29, 1.82) is 0 Å². The molecule has 0 saturated carbocycles. The third-order valence-electron chi connectivity index (χ3n) is 4.92. The maximum absolute atomic E-state index is 5.46. The van der Waals surface area contributed by atoms with Gasteiger partial charge in [0.2, 0.25) is 0 Å².